The number of hydrogen-bond acceptors (Lipinski definition) is 2. The Bertz CT molecular complexity index is 571. The molecule has 0 spiro atoms. The lowest BCUT2D eigenvalue weighted by Crippen LogP contribution is -2.20. The van der Waals surface area contributed by atoms with Crippen LogP contribution in [0.15, 0.2) is 48.5 Å². The van der Waals surface area contributed by atoms with E-state index in [0.29, 0.717) is 11.3 Å². The molecule has 2 unspecified atom stereocenters. The summed E-state index contributed by atoms with van der Waals surface area (Å²) in [5.41, 5.74) is 1.66. The van der Waals surface area contributed by atoms with Gasteiger partial charge in [-0.05, 0) is 38.1 Å². The van der Waals surface area contributed by atoms with E-state index in [1.54, 1.807) is 6.07 Å². The first-order chi connectivity index (χ1) is 10.1. The molecule has 0 heterocycles. The van der Waals surface area contributed by atoms with Gasteiger partial charge in [-0.15, -0.1) is 0 Å². The largest absolute Gasteiger partial charge is 0.486 e. The Morgan fingerprint density at radius 1 is 1.05 bits per heavy atom. The van der Waals surface area contributed by atoms with Crippen molar-refractivity contribution in [1.82, 2.24) is 5.32 Å². The SMILES string of the molecule is CCNC(C)c1c(F)cccc1OC(C)c1ccccc1. The molecular weight excluding hydrogens is 265 g/mol. The topological polar surface area (TPSA) is 21.3 Å². The van der Waals surface area contributed by atoms with Crippen molar-refractivity contribution in [3.05, 3.63) is 65.5 Å². The molecule has 0 aromatic heterocycles. The summed E-state index contributed by atoms with van der Waals surface area (Å²) in [4.78, 5) is 0. The van der Waals surface area contributed by atoms with Crippen LogP contribution in [0, 0.1) is 5.82 Å². The predicted molar refractivity (Wildman–Crippen MR) is 84.0 cm³/mol. The van der Waals surface area contributed by atoms with Gasteiger partial charge < -0.3 is 10.1 Å². The average molecular weight is 287 g/mol. The van der Waals surface area contributed by atoms with Crippen molar-refractivity contribution in [3.8, 4) is 5.75 Å². The lowest BCUT2D eigenvalue weighted by molar-refractivity contribution is 0.221. The maximum absolute atomic E-state index is 14.2. The van der Waals surface area contributed by atoms with E-state index in [0.717, 1.165) is 12.1 Å². The maximum atomic E-state index is 14.2. The molecule has 0 aliphatic carbocycles. The standard InChI is InChI=1S/C18H22FNO/c1-4-20-13(2)18-16(19)11-8-12-17(18)21-14(3)15-9-6-5-7-10-15/h5-14,20H,4H2,1-3H3. The van der Waals surface area contributed by atoms with Crippen molar-refractivity contribution in [3.63, 3.8) is 0 Å². The molecule has 3 heteroatoms. The Labute approximate surface area is 126 Å². The number of ether oxygens (including phenoxy) is 1. The van der Waals surface area contributed by atoms with Crippen LogP contribution in [0.25, 0.3) is 0 Å². The summed E-state index contributed by atoms with van der Waals surface area (Å²) in [6.45, 7) is 6.71. The van der Waals surface area contributed by atoms with Crippen LogP contribution in [0.4, 0.5) is 4.39 Å². The summed E-state index contributed by atoms with van der Waals surface area (Å²) >= 11 is 0. The van der Waals surface area contributed by atoms with E-state index in [9.17, 15) is 4.39 Å². The van der Waals surface area contributed by atoms with E-state index in [2.05, 4.69) is 5.32 Å². The fourth-order valence-corrected chi connectivity index (χ4v) is 2.43. The smallest absolute Gasteiger partial charge is 0.131 e. The van der Waals surface area contributed by atoms with Gasteiger partial charge in [0.1, 0.15) is 17.7 Å². The van der Waals surface area contributed by atoms with Gasteiger partial charge in [0.15, 0.2) is 0 Å². The summed E-state index contributed by atoms with van der Waals surface area (Å²) < 4.78 is 20.2. The second-order valence-corrected chi connectivity index (χ2v) is 5.10. The summed E-state index contributed by atoms with van der Waals surface area (Å²) in [6, 6.07) is 14.8. The number of halogens is 1. The molecule has 0 fully saturated rings. The highest BCUT2D eigenvalue weighted by Crippen LogP contribution is 2.31. The average Bonchev–Trinajstić information content (AvgIpc) is 2.48. The highest BCUT2D eigenvalue weighted by Gasteiger charge is 2.18. The number of benzene rings is 2. The Balaban J connectivity index is 2.25. The third-order valence-corrected chi connectivity index (χ3v) is 3.53. The van der Waals surface area contributed by atoms with Crippen molar-refractivity contribution < 1.29 is 9.13 Å². The number of nitrogens with one attached hydrogen (secondary N) is 1. The fraction of sp³-hybridized carbons (Fsp3) is 0.333. The van der Waals surface area contributed by atoms with Gasteiger partial charge in [0.2, 0.25) is 0 Å². The molecule has 2 atom stereocenters. The first-order valence-electron chi connectivity index (χ1n) is 7.36. The van der Waals surface area contributed by atoms with Gasteiger partial charge in [0.05, 0.1) is 0 Å². The van der Waals surface area contributed by atoms with E-state index < -0.39 is 0 Å². The highest BCUT2D eigenvalue weighted by atomic mass is 19.1. The zero-order valence-electron chi connectivity index (χ0n) is 12.8. The fourth-order valence-electron chi connectivity index (χ4n) is 2.43. The molecule has 0 saturated heterocycles. The molecular formula is C18H22FNO. The van der Waals surface area contributed by atoms with Gasteiger partial charge in [-0.25, -0.2) is 4.39 Å². The maximum Gasteiger partial charge on any atom is 0.131 e. The molecule has 0 saturated carbocycles. The van der Waals surface area contributed by atoms with Gasteiger partial charge in [-0.1, -0.05) is 43.3 Å². The number of hydrogen-bond donors (Lipinski definition) is 1. The summed E-state index contributed by atoms with van der Waals surface area (Å²) in [5.74, 6) is 0.362. The quantitative estimate of drug-likeness (QED) is 0.836. The second kappa shape index (κ2) is 7.23. The van der Waals surface area contributed by atoms with E-state index in [1.807, 2.05) is 57.2 Å². The molecule has 2 rings (SSSR count). The molecule has 2 nitrogen and oxygen atoms in total. The predicted octanol–water partition coefficient (Wildman–Crippen LogP) is 4.64. The Hall–Kier alpha value is -1.87. The monoisotopic (exact) mass is 287 g/mol. The third-order valence-electron chi connectivity index (χ3n) is 3.53. The van der Waals surface area contributed by atoms with Crippen molar-refractivity contribution >= 4 is 0 Å². The zero-order valence-corrected chi connectivity index (χ0v) is 12.8. The van der Waals surface area contributed by atoms with Crippen LogP contribution in [-0.4, -0.2) is 6.54 Å². The van der Waals surface area contributed by atoms with E-state index in [4.69, 9.17) is 4.74 Å². The molecule has 1 N–H and O–H groups in total. The second-order valence-electron chi connectivity index (χ2n) is 5.10. The van der Waals surface area contributed by atoms with Crippen molar-refractivity contribution in [1.29, 1.82) is 0 Å². The normalized spacial score (nSPS) is 13.7. The lowest BCUT2D eigenvalue weighted by Gasteiger charge is -2.21. The van der Waals surface area contributed by atoms with Crippen LogP contribution in [-0.2, 0) is 0 Å². The zero-order chi connectivity index (χ0) is 15.2. The Morgan fingerprint density at radius 3 is 2.43 bits per heavy atom. The van der Waals surface area contributed by atoms with Gasteiger partial charge >= 0.3 is 0 Å². The lowest BCUT2D eigenvalue weighted by atomic mass is 10.1. The van der Waals surface area contributed by atoms with Crippen LogP contribution in [0.3, 0.4) is 0 Å². The molecule has 0 aliphatic heterocycles. The van der Waals surface area contributed by atoms with Crippen LogP contribution in [0.2, 0.25) is 0 Å². The van der Waals surface area contributed by atoms with Crippen molar-refractivity contribution in [2.45, 2.75) is 32.9 Å². The van der Waals surface area contributed by atoms with Crippen LogP contribution in [0.1, 0.15) is 44.0 Å². The van der Waals surface area contributed by atoms with Crippen molar-refractivity contribution in [2.24, 2.45) is 0 Å². The molecule has 2 aromatic rings. The highest BCUT2D eigenvalue weighted by molar-refractivity contribution is 5.37. The minimum Gasteiger partial charge on any atom is -0.486 e. The van der Waals surface area contributed by atoms with Gasteiger partial charge in [-0.3, -0.25) is 0 Å². The Kier molecular flexibility index (Phi) is 5.34. The Morgan fingerprint density at radius 2 is 1.76 bits per heavy atom. The van der Waals surface area contributed by atoms with Gasteiger partial charge in [0, 0.05) is 11.6 Å². The summed E-state index contributed by atoms with van der Waals surface area (Å²) in [6.07, 6.45) is -0.124. The van der Waals surface area contributed by atoms with Gasteiger partial charge in [-0.2, -0.15) is 0 Å². The van der Waals surface area contributed by atoms with E-state index in [-0.39, 0.29) is 18.0 Å². The first kappa shape index (κ1) is 15.5. The van der Waals surface area contributed by atoms with Crippen molar-refractivity contribution in [2.75, 3.05) is 6.54 Å². The molecule has 0 amide bonds. The summed E-state index contributed by atoms with van der Waals surface area (Å²) in [7, 11) is 0. The van der Waals surface area contributed by atoms with Gasteiger partial charge in [0.25, 0.3) is 0 Å². The third kappa shape index (κ3) is 3.82. The molecule has 21 heavy (non-hydrogen) atoms. The van der Waals surface area contributed by atoms with Crippen LogP contribution >= 0.6 is 0 Å². The molecule has 0 radical (unpaired) electrons. The number of rotatable bonds is 6. The molecule has 0 bridgehead atoms. The van der Waals surface area contributed by atoms with E-state index in [1.165, 1.54) is 6.07 Å². The molecule has 0 aliphatic rings. The molecule has 2 aromatic carbocycles. The summed E-state index contributed by atoms with van der Waals surface area (Å²) in [5, 5.41) is 3.24. The van der Waals surface area contributed by atoms with E-state index >= 15 is 0 Å². The minimum atomic E-state index is -0.235. The van der Waals surface area contributed by atoms with Crippen LogP contribution < -0.4 is 10.1 Å². The first-order valence-corrected chi connectivity index (χ1v) is 7.36. The van der Waals surface area contributed by atoms with Crippen LogP contribution in [0.5, 0.6) is 5.75 Å². The minimum absolute atomic E-state index is 0.0887. The molecule has 112 valence electrons.